The highest BCUT2D eigenvalue weighted by atomic mass is 32.2. The molecule has 29 heavy (non-hydrogen) atoms. The fourth-order valence-electron chi connectivity index (χ4n) is 3.30. The first kappa shape index (κ1) is 21.3. The Morgan fingerprint density at radius 2 is 1.76 bits per heavy atom. The summed E-state index contributed by atoms with van der Waals surface area (Å²) < 4.78 is 26.4. The summed E-state index contributed by atoms with van der Waals surface area (Å²) in [5.41, 5.74) is 0.131. The number of nitrogens with zero attached hydrogens (tertiary/aromatic N) is 3. The number of carbonyl (C=O) groups excluding carboxylic acids is 1. The summed E-state index contributed by atoms with van der Waals surface area (Å²) in [6.45, 7) is 0. The van der Waals surface area contributed by atoms with Gasteiger partial charge >= 0.3 is 0 Å². The molecule has 0 aliphatic heterocycles. The molecule has 2 aromatic rings. The minimum Gasteiger partial charge on any atom is -0.367 e. The minimum absolute atomic E-state index is 0.0122. The van der Waals surface area contributed by atoms with Gasteiger partial charge in [-0.1, -0.05) is 11.8 Å². The molecule has 0 radical (unpaired) electrons. The molecule has 1 aliphatic rings. The van der Waals surface area contributed by atoms with Gasteiger partial charge in [0.05, 0.1) is 0 Å². The maximum absolute atomic E-state index is 13.3. The van der Waals surface area contributed by atoms with Gasteiger partial charge in [-0.25, -0.2) is 18.7 Å². The van der Waals surface area contributed by atoms with E-state index in [-0.39, 0.29) is 23.6 Å². The van der Waals surface area contributed by atoms with E-state index >= 15 is 0 Å². The van der Waals surface area contributed by atoms with Gasteiger partial charge in [-0.3, -0.25) is 4.79 Å². The second-order valence-electron chi connectivity index (χ2n) is 7.29. The van der Waals surface area contributed by atoms with Gasteiger partial charge in [0.25, 0.3) is 5.91 Å². The van der Waals surface area contributed by atoms with Gasteiger partial charge in [-0.05, 0) is 50.1 Å². The topological polar surface area (TPSA) is 70.2 Å². The highest BCUT2D eigenvalue weighted by Crippen LogP contribution is 2.25. The molecule has 0 unspecified atom stereocenters. The zero-order valence-electron chi connectivity index (χ0n) is 16.7. The number of anilines is 2. The first-order valence-electron chi connectivity index (χ1n) is 9.48. The van der Waals surface area contributed by atoms with Crippen LogP contribution in [-0.2, 0) is 0 Å². The van der Waals surface area contributed by atoms with Crippen molar-refractivity contribution in [1.82, 2.24) is 15.3 Å². The molecule has 0 bridgehead atoms. The molecule has 6 nitrogen and oxygen atoms in total. The summed E-state index contributed by atoms with van der Waals surface area (Å²) in [6, 6.07) is 5.39. The van der Waals surface area contributed by atoms with E-state index in [2.05, 4.69) is 20.6 Å². The van der Waals surface area contributed by atoms with Crippen molar-refractivity contribution >= 4 is 29.3 Å². The van der Waals surface area contributed by atoms with Gasteiger partial charge in [0.1, 0.15) is 11.6 Å². The largest absolute Gasteiger partial charge is 0.367 e. The van der Waals surface area contributed by atoms with Crippen LogP contribution in [0.25, 0.3) is 0 Å². The Balaban J connectivity index is 1.55. The van der Waals surface area contributed by atoms with Gasteiger partial charge in [-0.2, -0.15) is 0 Å². The summed E-state index contributed by atoms with van der Waals surface area (Å²) >= 11 is 1.50. The summed E-state index contributed by atoms with van der Waals surface area (Å²) in [5, 5.41) is 7.11. The van der Waals surface area contributed by atoms with Crippen LogP contribution in [-0.4, -0.2) is 48.3 Å². The van der Waals surface area contributed by atoms with E-state index in [0.29, 0.717) is 5.16 Å². The third-order valence-corrected chi connectivity index (χ3v) is 5.48. The van der Waals surface area contributed by atoms with E-state index in [9.17, 15) is 13.6 Å². The van der Waals surface area contributed by atoms with Gasteiger partial charge < -0.3 is 15.5 Å². The second-order valence-corrected chi connectivity index (χ2v) is 8.06. The standard InChI is InChI=1S/C20H25F2N5OS/c1-27(2)18-11-17(25-20(26-18)29-3)23-13-5-7-14(8-6-13)24-19(28)12-4-9-15(21)16(22)10-12/h4,9-11,13-14H,5-8H2,1-3H3,(H,24,28)(H,23,25,26)/t13-,14+. The van der Waals surface area contributed by atoms with Crippen molar-refractivity contribution in [3.05, 3.63) is 41.5 Å². The number of carbonyl (C=O) groups is 1. The number of nitrogens with one attached hydrogen (secondary N) is 2. The summed E-state index contributed by atoms with van der Waals surface area (Å²) in [7, 11) is 3.88. The normalized spacial score (nSPS) is 18.9. The van der Waals surface area contributed by atoms with Crippen LogP contribution in [0, 0.1) is 11.6 Å². The number of thioether (sulfide) groups is 1. The SMILES string of the molecule is CSc1nc(N[C@H]2CC[C@@H](NC(=O)c3ccc(F)c(F)c3)CC2)cc(N(C)C)n1. The molecular formula is C20H25F2N5OS. The Hall–Kier alpha value is -2.42. The van der Waals surface area contributed by atoms with Crippen molar-refractivity contribution in [2.24, 2.45) is 0 Å². The predicted molar refractivity (Wildman–Crippen MR) is 112 cm³/mol. The maximum atomic E-state index is 13.3. The van der Waals surface area contributed by atoms with Crippen LogP contribution in [0.15, 0.2) is 29.4 Å². The van der Waals surface area contributed by atoms with Crippen molar-refractivity contribution in [2.75, 3.05) is 30.6 Å². The molecule has 2 N–H and O–H groups in total. The molecule has 1 amide bonds. The van der Waals surface area contributed by atoms with E-state index in [4.69, 9.17) is 0 Å². The van der Waals surface area contributed by atoms with E-state index in [1.165, 1.54) is 17.8 Å². The van der Waals surface area contributed by atoms with E-state index in [1.54, 1.807) is 0 Å². The Morgan fingerprint density at radius 3 is 2.38 bits per heavy atom. The molecule has 1 heterocycles. The molecule has 1 fully saturated rings. The molecule has 0 atom stereocenters. The third-order valence-electron chi connectivity index (χ3n) is 4.93. The van der Waals surface area contributed by atoms with Crippen molar-refractivity contribution in [3.63, 3.8) is 0 Å². The average Bonchev–Trinajstić information content (AvgIpc) is 2.71. The second kappa shape index (κ2) is 9.39. The van der Waals surface area contributed by atoms with Gasteiger partial charge in [0.15, 0.2) is 16.8 Å². The lowest BCUT2D eigenvalue weighted by Crippen LogP contribution is -2.40. The smallest absolute Gasteiger partial charge is 0.251 e. The quantitative estimate of drug-likeness (QED) is 0.548. The van der Waals surface area contributed by atoms with Crippen LogP contribution in [0.5, 0.6) is 0 Å². The highest BCUT2D eigenvalue weighted by Gasteiger charge is 2.23. The van der Waals surface area contributed by atoms with Crippen LogP contribution in [0.1, 0.15) is 36.0 Å². The molecule has 1 aliphatic carbocycles. The Morgan fingerprint density at radius 1 is 1.07 bits per heavy atom. The number of amides is 1. The number of hydrogen-bond donors (Lipinski definition) is 2. The lowest BCUT2D eigenvalue weighted by Gasteiger charge is -2.30. The molecule has 1 saturated carbocycles. The summed E-state index contributed by atoms with van der Waals surface area (Å²) in [4.78, 5) is 23.2. The maximum Gasteiger partial charge on any atom is 0.251 e. The molecule has 9 heteroatoms. The van der Waals surface area contributed by atoms with Crippen LogP contribution < -0.4 is 15.5 Å². The van der Waals surface area contributed by atoms with Crippen molar-refractivity contribution in [2.45, 2.75) is 42.9 Å². The van der Waals surface area contributed by atoms with Crippen LogP contribution in [0.4, 0.5) is 20.4 Å². The van der Waals surface area contributed by atoms with Crippen molar-refractivity contribution in [3.8, 4) is 0 Å². The zero-order chi connectivity index (χ0) is 21.0. The van der Waals surface area contributed by atoms with Crippen molar-refractivity contribution < 1.29 is 13.6 Å². The lowest BCUT2D eigenvalue weighted by molar-refractivity contribution is 0.0926. The predicted octanol–water partition coefficient (Wildman–Crippen LogP) is 3.70. The first-order chi connectivity index (χ1) is 13.9. The number of rotatable bonds is 6. The molecule has 3 rings (SSSR count). The fraction of sp³-hybridized carbons (Fsp3) is 0.450. The number of hydrogen-bond acceptors (Lipinski definition) is 6. The Bertz CT molecular complexity index is 872. The molecule has 0 saturated heterocycles. The molecule has 156 valence electrons. The summed E-state index contributed by atoms with van der Waals surface area (Å²) in [5.74, 6) is -0.713. The van der Waals surface area contributed by atoms with E-state index in [1.807, 2.05) is 31.3 Å². The van der Waals surface area contributed by atoms with Gasteiger partial charge in [0, 0.05) is 37.8 Å². The Labute approximate surface area is 173 Å². The summed E-state index contributed by atoms with van der Waals surface area (Å²) in [6.07, 6.45) is 5.29. The Kier molecular flexibility index (Phi) is 6.89. The average molecular weight is 422 g/mol. The lowest BCUT2D eigenvalue weighted by atomic mass is 9.91. The van der Waals surface area contributed by atoms with Crippen LogP contribution >= 0.6 is 11.8 Å². The fourth-order valence-corrected chi connectivity index (χ4v) is 3.68. The van der Waals surface area contributed by atoms with E-state index < -0.39 is 11.6 Å². The zero-order valence-corrected chi connectivity index (χ0v) is 17.5. The number of aromatic nitrogens is 2. The monoisotopic (exact) mass is 421 g/mol. The molecule has 1 aromatic carbocycles. The van der Waals surface area contributed by atoms with Gasteiger partial charge in [0.2, 0.25) is 0 Å². The third kappa shape index (κ3) is 5.56. The van der Waals surface area contributed by atoms with Crippen LogP contribution in [0.3, 0.4) is 0 Å². The molecule has 1 aromatic heterocycles. The molecule has 0 spiro atoms. The van der Waals surface area contributed by atoms with Crippen LogP contribution in [0.2, 0.25) is 0 Å². The first-order valence-corrected chi connectivity index (χ1v) is 10.7. The minimum atomic E-state index is -1.02. The number of halogens is 2. The number of benzene rings is 1. The van der Waals surface area contributed by atoms with Crippen molar-refractivity contribution in [1.29, 1.82) is 0 Å². The van der Waals surface area contributed by atoms with Gasteiger partial charge in [-0.15, -0.1) is 0 Å². The van der Waals surface area contributed by atoms with E-state index in [0.717, 1.165) is 49.5 Å². The highest BCUT2D eigenvalue weighted by molar-refractivity contribution is 7.98. The molecular weight excluding hydrogens is 396 g/mol.